The molecule has 0 aliphatic carbocycles. The molecule has 22 heavy (non-hydrogen) atoms. The van der Waals surface area contributed by atoms with Crippen molar-refractivity contribution < 1.29 is 4.90 Å². The van der Waals surface area contributed by atoms with E-state index in [1.54, 1.807) is 4.90 Å². The molecule has 0 saturated carbocycles. The molecule has 2 aromatic rings. The summed E-state index contributed by atoms with van der Waals surface area (Å²) < 4.78 is 3.15. The summed E-state index contributed by atoms with van der Waals surface area (Å²) in [7, 11) is 2.05. The summed E-state index contributed by atoms with van der Waals surface area (Å²) in [6.07, 6.45) is 4.18. The van der Waals surface area contributed by atoms with E-state index in [2.05, 4.69) is 36.8 Å². The highest BCUT2D eigenvalue weighted by Crippen LogP contribution is 2.28. The largest absolute Gasteiger partial charge is 0.334 e. The number of hydrogen-bond acceptors (Lipinski definition) is 3. The third-order valence-corrected chi connectivity index (χ3v) is 5.91. The fraction of sp³-hybridized carbons (Fsp3) is 0.500. The molecule has 0 amide bonds. The number of quaternary nitrogens is 1. The molecule has 1 aromatic heterocycles. The summed E-state index contributed by atoms with van der Waals surface area (Å²) in [6.45, 7) is 3.89. The van der Waals surface area contributed by atoms with Crippen LogP contribution in [0.5, 0.6) is 0 Å². The lowest BCUT2D eigenvalue weighted by Crippen LogP contribution is -3.13. The van der Waals surface area contributed by atoms with Crippen LogP contribution in [-0.4, -0.2) is 40.2 Å². The first kappa shape index (κ1) is 16.0. The van der Waals surface area contributed by atoms with E-state index in [4.69, 9.17) is 0 Å². The quantitative estimate of drug-likeness (QED) is 0.807. The Labute approximate surface area is 144 Å². The van der Waals surface area contributed by atoms with Crippen LogP contribution in [0.3, 0.4) is 0 Å². The van der Waals surface area contributed by atoms with Crippen molar-refractivity contribution in [3.63, 3.8) is 0 Å². The van der Waals surface area contributed by atoms with Crippen molar-refractivity contribution in [2.75, 3.05) is 25.4 Å². The number of likely N-dealkylation sites (tertiary alicyclic amines) is 1. The van der Waals surface area contributed by atoms with Gasteiger partial charge in [-0.05, 0) is 25.3 Å². The van der Waals surface area contributed by atoms with Gasteiger partial charge < -0.3 is 9.47 Å². The summed E-state index contributed by atoms with van der Waals surface area (Å²) in [5.74, 6) is 2.03. The summed E-state index contributed by atoms with van der Waals surface area (Å²) in [5, 5.41) is 9.73. The van der Waals surface area contributed by atoms with Gasteiger partial charge in [0.25, 0.3) is 0 Å². The minimum absolute atomic E-state index is 0.917. The minimum Gasteiger partial charge on any atom is -0.334 e. The van der Waals surface area contributed by atoms with Gasteiger partial charge in [0, 0.05) is 17.1 Å². The van der Waals surface area contributed by atoms with Gasteiger partial charge in [-0.1, -0.05) is 45.9 Å². The standard InChI is InChI=1S/C16H21BrN4S/c1-20-15(13-7-3-4-8-14(13)17)18-19-16(20)22-12-11-21-9-5-2-6-10-21/h3-4,7-8H,2,5-6,9-12H2,1H3/p+1. The molecule has 0 radical (unpaired) electrons. The Balaban J connectivity index is 1.62. The Morgan fingerprint density at radius 1 is 1.18 bits per heavy atom. The number of benzene rings is 1. The molecule has 2 heterocycles. The van der Waals surface area contributed by atoms with Crippen molar-refractivity contribution in [2.45, 2.75) is 24.4 Å². The molecule has 1 aliphatic heterocycles. The smallest absolute Gasteiger partial charge is 0.191 e. The predicted molar refractivity (Wildman–Crippen MR) is 94.3 cm³/mol. The number of aromatic nitrogens is 3. The zero-order chi connectivity index (χ0) is 15.4. The summed E-state index contributed by atoms with van der Waals surface area (Å²) in [4.78, 5) is 1.74. The Morgan fingerprint density at radius 3 is 2.73 bits per heavy atom. The van der Waals surface area contributed by atoms with Crippen LogP contribution >= 0.6 is 27.7 Å². The van der Waals surface area contributed by atoms with Gasteiger partial charge in [-0.25, -0.2) is 0 Å². The van der Waals surface area contributed by atoms with E-state index in [0.29, 0.717) is 0 Å². The lowest BCUT2D eigenvalue weighted by molar-refractivity contribution is -0.902. The minimum atomic E-state index is 0.917. The van der Waals surface area contributed by atoms with Crippen molar-refractivity contribution in [3.8, 4) is 11.4 Å². The van der Waals surface area contributed by atoms with Crippen LogP contribution in [0.1, 0.15) is 19.3 Å². The molecule has 6 heteroatoms. The Kier molecular flexibility index (Phi) is 5.55. The zero-order valence-corrected chi connectivity index (χ0v) is 15.3. The van der Waals surface area contributed by atoms with Gasteiger partial charge in [0.2, 0.25) is 0 Å². The van der Waals surface area contributed by atoms with E-state index >= 15 is 0 Å². The molecule has 0 atom stereocenters. The lowest BCUT2D eigenvalue weighted by Gasteiger charge is -2.23. The van der Waals surface area contributed by atoms with Crippen molar-refractivity contribution >= 4 is 27.7 Å². The third-order valence-electron chi connectivity index (χ3n) is 4.20. The van der Waals surface area contributed by atoms with E-state index in [1.807, 2.05) is 37.0 Å². The first-order chi connectivity index (χ1) is 10.8. The SMILES string of the molecule is Cn1c(SCC[NH+]2CCCCC2)nnc1-c1ccccc1Br. The second-order valence-corrected chi connectivity index (χ2v) is 7.67. The topological polar surface area (TPSA) is 35.2 Å². The molecule has 0 bridgehead atoms. The van der Waals surface area contributed by atoms with E-state index < -0.39 is 0 Å². The van der Waals surface area contributed by atoms with Gasteiger partial charge in [0.05, 0.1) is 25.4 Å². The van der Waals surface area contributed by atoms with Crippen LogP contribution in [0.25, 0.3) is 11.4 Å². The molecule has 4 nitrogen and oxygen atoms in total. The summed E-state index contributed by atoms with van der Waals surface area (Å²) >= 11 is 5.41. The van der Waals surface area contributed by atoms with Gasteiger partial charge in [-0.2, -0.15) is 0 Å². The van der Waals surface area contributed by atoms with Crippen molar-refractivity contribution in [1.29, 1.82) is 0 Å². The highest BCUT2D eigenvalue weighted by molar-refractivity contribution is 9.10. The van der Waals surface area contributed by atoms with Crippen molar-refractivity contribution in [2.24, 2.45) is 7.05 Å². The molecular formula is C16H22BrN4S+. The predicted octanol–water partition coefficient (Wildman–Crippen LogP) is 2.41. The highest BCUT2D eigenvalue weighted by atomic mass is 79.9. The van der Waals surface area contributed by atoms with Crippen LogP contribution in [0, 0.1) is 0 Å². The number of hydrogen-bond donors (Lipinski definition) is 1. The Bertz CT molecular complexity index is 622. The van der Waals surface area contributed by atoms with E-state index in [0.717, 1.165) is 26.8 Å². The fourth-order valence-corrected chi connectivity index (χ4v) is 4.32. The third kappa shape index (κ3) is 3.73. The number of halogens is 1. The van der Waals surface area contributed by atoms with Crippen molar-refractivity contribution in [1.82, 2.24) is 14.8 Å². The van der Waals surface area contributed by atoms with E-state index in [1.165, 1.54) is 38.9 Å². The Morgan fingerprint density at radius 2 is 1.95 bits per heavy atom. The normalized spacial score (nSPS) is 16.1. The second-order valence-electron chi connectivity index (χ2n) is 5.75. The second kappa shape index (κ2) is 7.62. The van der Waals surface area contributed by atoms with Crippen LogP contribution in [0.15, 0.2) is 33.9 Å². The van der Waals surface area contributed by atoms with Gasteiger partial charge in [0.15, 0.2) is 11.0 Å². The molecule has 118 valence electrons. The fourth-order valence-electron chi connectivity index (χ4n) is 2.91. The molecule has 3 rings (SSSR count). The van der Waals surface area contributed by atoms with Crippen molar-refractivity contribution in [3.05, 3.63) is 28.7 Å². The van der Waals surface area contributed by atoms with E-state index in [-0.39, 0.29) is 0 Å². The molecular weight excluding hydrogens is 360 g/mol. The van der Waals surface area contributed by atoms with Crippen LogP contribution in [0.4, 0.5) is 0 Å². The molecule has 1 fully saturated rings. The van der Waals surface area contributed by atoms with E-state index in [9.17, 15) is 0 Å². The number of rotatable bonds is 5. The molecule has 0 spiro atoms. The molecule has 0 unspecified atom stereocenters. The number of piperidine rings is 1. The summed E-state index contributed by atoms with van der Waals surface area (Å²) in [6, 6.07) is 8.15. The Hall–Kier alpha value is -0.850. The molecule has 1 aromatic carbocycles. The van der Waals surface area contributed by atoms with Crippen LogP contribution < -0.4 is 4.90 Å². The average Bonchev–Trinajstić information content (AvgIpc) is 2.90. The lowest BCUT2D eigenvalue weighted by atomic mass is 10.1. The van der Waals surface area contributed by atoms with Gasteiger partial charge in [0.1, 0.15) is 0 Å². The zero-order valence-electron chi connectivity index (χ0n) is 12.9. The molecule has 1 aliphatic rings. The van der Waals surface area contributed by atoms with Gasteiger partial charge in [-0.15, -0.1) is 10.2 Å². The number of nitrogens with one attached hydrogen (secondary N) is 1. The van der Waals surface area contributed by atoms with Gasteiger partial charge >= 0.3 is 0 Å². The number of nitrogens with zero attached hydrogens (tertiary/aromatic N) is 3. The van der Waals surface area contributed by atoms with Gasteiger partial charge in [-0.3, -0.25) is 0 Å². The maximum absolute atomic E-state index is 4.37. The van der Waals surface area contributed by atoms with Crippen LogP contribution in [0.2, 0.25) is 0 Å². The van der Waals surface area contributed by atoms with Crippen LogP contribution in [-0.2, 0) is 7.05 Å². The maximum atomic E-state index is 4.37. The highest BCUT2D eigenvalue weighted by Gasteiger charge is 2.16. The average molecular weight is 382 g/mol. The number of thioether (sulfide) groups is 1. The first-order valence-corrected chi connectivity index (χ1v) is 9.64. The summed E-state index contributed by atoms with van der Waals surface area (Å²) in [5.41, 5.74) is 1.09. The molecule has 1 saturated heterocycles. The molecule has 1 N–H and O–H groups in total. The first-order valence-electron chi connectivity index (χ1n) is 7.86. The monoisotopic (exact) mass is 381 g/mol. The maximum Gasteiger partial charge on any atom is 0.191 e.